The van der Waals surface area contributed by atoms with Gasteiger partial charge in [-0.05, 0) is 36.4 Å². The quantitative estimate of drug-likeness (QED) is 0.457. The van der Waals surface area contributed by atoms with Crippen LogP contribution in [0.5, 0.6) is 0 Å². The first-order valence-electron chi connectivity index (χ1n) is 8.71. The number of hydrogen-bond acceptors (Lipinski definition) is 3. The topological polar surface area (TPSA) is 53.0 Å². The van der Waals surface area contributed by atoms with E-state index in [1.54, 1.807) is 23.7 Å². The monoisotopic (exact) mass is 399 g/mol. The highest BCUT2D eigenvalue weighted by atomic mass is 19.4. The van der Waals surface area contributed by atoms with Crippen molar-refractivity contribution in [3.8, 4) is 22.8 Å². The van der Waals surface area contributed by atoms with Crippen molar-refractivity contribution in [2.75, 3.05) is 0 Å². The van der Waals surface area contributed by atoms with Crippen LogP contribution in [-0.2, 0) is 20.3 Å². The molecule has 5 nitrogen and oxygen atoms in total. The molecule has 0 amide bonds. The Kier molecular flexibility index (Phi) is 4.41. The average molecular weight is 399 g/mol. The van der Waals surface area contributed by atoms with Gasteiger partial charge in [0.25, 0.3) is 0 Å². The number of aromatic nitrogens is 3. The van der Waals surface area contributed by atoms with E-state index in [4.69, 9.17) is 4.42 Å². The van der Waals surface area contributed by atoms with Crippen LogP contribution >= 0.6 is 0 Å². The Labute approximate surface area is 164 Å². The minimum atomic E-state index is -4.42. The fraction of sp³-hybridized carbons (Fsp3) is 0.143. The van der Waals surface area contributed by atoms with Gasteiger partial charge in [0, 0.05) is 25.9 Å². The lowest BCUT2D eigenvalue weighted by Crippen LogP contribution is -2.05. The van der Waals surface area contributed by atoms with Crippen molar-refractivity contribution >= 4 is 5.78 Å². The third kappa shape index (κ3) is 3.26. The molecule has 0 aliphatic carbocycles. The summed E-state index contributed by atoms with van der Waals surface area (Å²) in [6.07, 6.45) is -1.19. The first kappa shape index (κ1) is 18.8. The van der Waals surface area contributed by atoms with E-state index in [9.17, 15) is 18.0 Å². The summed E-state index contributed by atoms with van der Waals surface area (Å²) in [5, 5.41) is 0. The van der Waals surface area contributed by atoms with Crippen LogP contribution in [0.3, 0.4) is 0 Å². The first-order valence-corrected chi connectivity index (χ1v) is 8.71. The van der Waals surface area contributed by atoms with Crippen LogP contribution in [-0.4, -0.2) is 19.9 Å². The Morgan fingerprint density at radius 1 is 1.03 bits per heavy atom. The number of rotatable bonds is 4. The highest BCUT2D eigenvalue weighted by Crippen LogP contribution is 2.33. The van der Waals surface area contributed by atoms with E-state index in [0.29, 0.717) is 17.1 Å². The summed E-state index contributed by atoms with van der Waals surface area (Å²) in [5.41, 5.74) is 1.18. The second-order valence-corrected chi connectivity index (χ2v) is 6.58. The third-order valence-corrected chi connectivity index (χ3v) is 4.71. The second kappa shape index (κ2) is 6.80. The molecular formula is C21H16F3N3O2. The van der Waals surface area contributed by atoms with Crippen LogP contribution in [0, 0.1) is 0 Å². The van der Waals surface area contributed by atoms with Crippen LogP contribution in [0.4, 0.5) is 13.2 Å². The maximum Gasteiger partial charge on any atom is 0.416 e. The van der Waals surface area contributed by atoms with Crippen molar-refractivity contribution in [3.05, 3.63) is 78.0 Å². The third-order valence-electron chi connectivity index (χ3n) is 4.71. The number of carbonyl (C=O) groups is 1. The van der Waals surface area contributed by atoms with Crippen LogP contribution in [0.25, 0.3) is 22.8 Å². The summed E-state index contributed by atoms with van der Waals surface area (Å²) in [6, 6.07) is 11.5. The van der Waals surface area contributed by atoms with Gasteiger partial charge >= 0.3 is 6.18 Å². The Balaban J connectivity index is 1.88. The Morgan fingerprint density at radius 2 is 1.76 bits per heavy atom. The number of hydrogen-bond donors (Lipinski definition) is 0. The maximum absolute atomic E-state index is 13.0. The number of ketones is 1. The van der Waals surface area contributed by atoms with Crippen molar-refractivity contribution in [3.63, 3.8) is 0 Å². The van der Waals surface area contributed by atoms with Gasteiger partial charge in [-0.15, -0.1) is 0 Å². The molecular weight excluding hydrogens is 383 g/mol. The van der Waals surface area contributed by atoms with E-state index in [-0.39, 0.29) is 11.5 Å². The summed E-state index contributed by atoms with van der Waals surface area (Å²) in [7, 11) is 3.56. The van der Waals surface area contributed by atoms with E-state index < -0.39 is 17.5 Å². The number of carbonyl (C=O) groups excluding carboxylic acids is 1. The number of imidazole rings is 1. The number of halogens is 3. The molecule has 148 valence electrons. The van der Waals surface area contributed by atoms with Gasteiger partial charge in [-0.2, -0.15) is 13.2 Å². The molecule has 0 aliphatic rings. The van der Waals surface area contributed by atoms with Crippen molar-refractivity contribution in [2.24, 2.45) is 14.1 Å². The molecule has 4 aromatic rings. The van der Waals surface area contributed by atoms with E-state index in [1.807, 2.05) is 29.9 Å². The van der Waals surface area contributed by atoms with E-state index in [1.165, 1.54) is 18.4 Å². The predicted molar refractivity (Wildman–Crippen MR) is 100 cm³/mol. The smallest absolute Gasteiger partial charge is 0.416 e. The van der Waals surface area contributed by atoms with Gasteiger partial charge in [0.05, 0.1) is 23.2 Å². The first-order chi connectivity index (χ1) is 13.8. The predicted octanol–water partition coefficient (Wildman–Crippen LogP) is 4.94. The lowest BCUT2D eigenvalue weighted by Gasteiger charge is -2.09. The van der Waals surface area contributed by atoms with E-state index in [0.717, 1.165) is 17.8 Å². The molecule has 1 aromatic carbocycles. The van der Waals surface area contributed by atoms with Gasteiger partial charge in [0.1, 0.15) is 11.5 Å². The van der Waals surface area contributed by atoms with Gasteiger partial charge < -0.3 is 13.6 Å². The minimum Gasteiger partial charge on any atom is -0.461 e. The molecule has 0 radical (unpaired) electrons. The largest absolute Gasteiger partial charge is 0.461 e. The Bertz CT molecular complexity index is 1170. The van der Waals surface area contributed by atoms with Crippen molar-refractivity contribution in [1.82, 2.24) is 14.1 Å². The molecule has 3 aromatic heterocycles. The van der Waals surface area contributed by atoms with Crippen LogP contribution in [0.2, 0.25) is 0 Å². The summed E-state index contributed by atoms with van der Waals surface area (Å²) >= 11 is 0. The summed E-state index contributed by atoms with van der Waals surface area (Å²) in [6.45, 7) is 0. The van der Waals surface area contributed by atoms with E-state index in [2.05, 4.69) is 4.98 Å². The second-order valence-electron chi connectivity index (χ2n) is 6.58. The van der Waals surface area contributed by atoms with Crippen LogP contribution in [0.15, 0.2) is 65.4 Å². The molecule has 0 atom stereocenters. The molecule has 4 rings (SSSR count). The standard InChI is InChI=1S/C21H16F3N3O2/c1-26-11-3-5-15(26)18-17(19(28)16-6-4-12-29-16)25-20(27(18)2)13-7-9-14(10-8-13)21(22,23)24/h3-12H,1-2H3. The number of benzene rings is 1. The molecule has 8 heteroatoms. The molecule has 0 spiro atoms. The summed E-state index contributed by atoms with van der Waals surface area (Å²) < 4.78 is 47.4. The number of alkyl halides is 3. The molecule has 0 saturated heterocycles. The van der Waals surface area contributed by atoms with Crippen LogP contribution in [0.1, 0.15) is 21.8 Å². The van der Waals surface area contributed by atoms with E-state index >= 15 is 0 Å². The summed E-state index contributed by atoms with van der Waals surface area (Å²) in [4.78, 5) is 17.5. The van der Waals surface area contributed by atoms with Gasteiger partial charge in [0.2, 0.25) is 5.78 Å². The number of furan rings is 1. The normalized spacial score (nSPS) is 11.8. The zero-order valence-electron chi connectivity index (χ0n) is 15.6. The van der Waals surface area contributed by atoms with Crippen LogP contribution < -0.4 is 0 Å². The van der Waals surface area contributed by atoms with Crippen molar-refractivity contribution < 1.29 is 22.4 Å². The molecule has 0 saturated carbocycles. The lowest BCUT2D eigenvalue weighted by molar-refractivity contribution is -0.137. The fourth-order valence-electron chi connectivity index (χ4n) is 3.25. The number of nitrogens with zero attached hydrogens (tertiary/aromatic N) is 3. The van der Waals surface area contributed by atoms with Gasteiger partial charge in [0.15, 0.2) is 5.76 Å². The molecule has 0 unspecified atom stereocenters. The Morgan fingerprint density at radius 3 is 2.31 bits per heavy atom. The average Bonchev–Trinajstić information content (AvgIpc) is 3.41. The Hall–Kier alpha value is -3.55. The molecule has 3 heterocycles. The summed E-state index contributed by atoms with van der Waals surface area (Å²) in [5.74, 6) is 0.113. The highest BCUT2D eigenvalue weighted by molar-refractivity contribution is 6.09. The fourth-order valence-corrected chi connectivity index (χ4v) is 3.25. The van der Waals surface area contributed by atoms with Crippen molar-refractivity contribution in [1.29, 1.82) is 0 Å². The van der Waals surface area contributed by atoms with Gasteiger partial charge in [-0.25, -0.2) is 4.98 Å². The SMILES string of the molecule is Cn1cccc1-c1c(C(=O)c2ccco2)nc(-c2ccc(C(F)(F)F)cc2)n1C. The lowest BCUT2D eigenvalue weighted by atomic mass is 10.1. The molecule has 0 fully saturated rings. The molecule has 29 heavy (non-hydrogen) atoms. The minimum absolute atomic E-state index is 0.137. The van der Waals surface area contributed by atoms with Gasteiger partial charge in [-0.1, -0.05) is 12.1 Å². The molecule has 0 aliphatic heterocycles. The number of aryl methyl sites for hydroxylation is 1. The van der Waals surface area contributed by atoms with Gasteiger partial charge in [-0.3, -0.25) is 4.79 Å². The highest BCUT2D eigenvalue weighted by Gasteiger charge is 2.31. The zero-order chi connectivity index (χ0) is 20.8. The van der Waals surface area contributed by atoms with Crippen molar-refractivity contribution in [2.45, 2.75) is 6.18 Å². The zero-order valence-corrected chi connectivity index (χ0v) is 15.6. The molecule has 0 bridgehead atoms. The molecule has 0 N–H and O–H groups in total. The maximum atomic E-state index is 13.0.